The van der Waals surface area contributed by atoms with Gasteiger partial charge >= 0.3 is 6.18 Å². The molecule has 0 aliphatic heterocycles. The zero-order valence-corrected chi connectivity index (χ0v) is 24.3. The summed E-state index contributed by atoms with van der Waals surface area (Å²) in [4.78, 5) is 0. The average molecular weight is 538 g/mol. The molecular weight excluding hydrogens is 490 g/mol. The van der Waals surface area contributed by atoms with Crippen molar-refractivity contribution in [2.75, 3.05) is 0 Å². The van der Waals surface area contributed by atoms with Crippen molar-refractivity contribution in [3.8, 4) is 0 Å². The van der Waals surface area contributed by atoms with Crippen LogP contribution in [0, 0.1) is 0 Å². The number of halogens is 4. The van der Waals surface area contributed by atoms with Crippen LogP contribution >= 0.6 is 0 Å². The Morgan fingerprint density at radius 3 is 2.18 bits per heavy atom. The smallest absolute Gasteiger partial charge is 0.416 e. The Morgan fingerprint density at radius 1 is 1.03 bits per heavy atom. The number of hydrogen-bond donors (Lipinski definition) is 1. The van der Waals surface area contributed by atoms with Gasteiger partial charge in [0.2, 0.25) is 0 Å². The Morgan fingerprint density at radius 2 is 1.68 bits per heavy atom. The Hall–Kier alpha value is -2.76. The lowest BCUT2D eigenvalue weighted by molar-refractivity contribution is -0.0884. The number of unbranched alkanes of at least 4 members (excludes halogenated alkanes) is 1. The van der Waals surface area contributed by atoms with Crippen LogP contribution in [-0.4, -0.2) is 6.18 Å². The van der Waals surface area contributed by atoms with E-state index in [2.05, 4.69) is 6.92 Å². The minimum Gasteiger partial charge on any atom is -0.461 e. The topological polar surface area (TPSA) is 35.2 Å². The molecule has 0 saturated carbocycles. The van der Waals surface area contributed by atoms with Gasteiger partial charge in [0.15, 0.2) is 0 Å². The Labute approximate surface area is 228 Å². The lowest BCUT2D eigenvalue weighted by Gasteiger charge is -2.22. The molecular formula is C32H47F4NO. The van der Waals surface area contributed by atoms with Crippen LogP contribution in [0.3, 0.4) is 0 Å². The molecule has 1 rings (SSSR count). The van der Waals surface area contributed by atoms with E-state index in [9.17, 15) is 17.6 Å². The van der Waals surface area contributed by atoms with E-state index in [4.69, 9.17) is 10.5 Å². The normalized spacial score (nSPS) is 17.1. The molecule has 0 saturated heterocycles. The Balaban J connectivity index is 0.000000958. The molecule has 0 heterocycles. The minimum atomic E-state index is -4.38. The van der Waals surface area contributed by atoms with E-state index in [1.54, 1.807) is 39.0 Å². The second kappa shape index (κ2) is 19.3. The maximum absolute atomic E-state index is 13.4. The molecule has 0 aromatic heterocycles. The third-order valence-corrected chi connectivity index (χ3v) is 5.73. The van der Waals surface area contributed by atoms with Crippen molar-refractivity contribution in [1.29, 1.82) is 0 Å². The molecule has 0 amide bonds. The van der Waals surface area contributed by atoms with E-state index >= 15 is 0 Å². The molecule has 0 bridgehead atoms. The Bertz CT molecular complexity index is 966. The summed E-state index contributed by atoms with van der Waals surface area (Å²) in [5.41, 5.74) is 7.90. The first-order valence-corrected chi connectivity index (χ1v) is 13.5. The van der Waals surface area contributed by atoms with Crippen LogP contribution in [0.1, 0.15) is 99.8 Å². The van der Waals surface area contributed by atoms with Crippen molar-refractivity contribution in [2.24, 2.45) is 5.73 Å². The third-order valence-electron chi connectivity index (χ3n) is 5.73. The SMILES string of the molecule is CCC/C=C/C(F)=C\C=C(/C)N.C\C=C/C(=C\C(=C\CC)C(F)(F)F)C(OC1=C(C)CCCC1)=C(C)CC. The van der Waals surface area contributed by atoms with Gasteiger partial charge in [-0.1, -0.05) is 51.5 Å². The van der Waals surface area contributed by atoms with Crippen molar-refractivity contribution in [3.63, 3.8) is 0 Å². The molecule has 0 atom stereocenters. The molecule has 0 fully saturated rings. The van der Waals surface area contributed by atoms with Gasteiger partial charge in [0, 0.05) is 17.7 Å². The maximum Gasteiger partial charge on any atom is 0.416 e. The van der Waals surface area contributed by atoms with Crippen LogP contribution in [-0.2, 0) is 4.74 Å². The molecule has 2 nitrogen and oxygen atoms in total. The first-order valence-electron chi connectivity index (χ1n) is 13.5. The van der Waals surface area contributed by atoms with E-state index in [0.29, 0.717) is 23.5 Å². The van der Waals surface area contributed by atoms with Crippen LogP contribution in [0.25, 0.3) is 0 Å². The minimum absolute atomic E-state index is 0.256. The Kier molecular flexibility index (Phi) is 17.9. The summed E-state index contributed by atoms with van der Waals surface area (Å²) in [6.45, 7) is 13.2. The fraction of sp³-hybridized carbons (Fsp3) is 0.500. The first-order chi connectivity index (χ1) is 17.9. The van der Waals surface area contributed by atoms with Gasteiger partial charge in [-0.15, -0.1) is 0 Å². The molecule has 0 spiro atoms. The first kappa shape index (κ1) is 35.2. The molecule has 2 N–H and O–H groups in total. The highest BCUT2D eigenvalue weighted by Crippen LogP contribution is 2.34. The van der Waals surface area contributed by atoms with E-state index in [0.717, 1.165) is 56.3 Å². The lowest BCUT2D eigenvalue weighted by atomic mass is 9.98. The zero-order chi connectivity index (χ0) is 29.1. The van der Waals surface area contributed by atoms with Crippen molar-refractivity contribution in [1.82, 2.24) is 0 Å². The van der Waals surface area contributed by atoms with E-state index in [1.807, 2.05) is 26.8 Å². The summed E-state index contributed by atoms with van der Waals surface area (Å²) in [5.74, 6) is 1.20. The molecule has 0 radical (unpaired) electrons. The van der Waals surface area contributed by atoms with Crippen molar-refractivity contribution in [3.05, 3.63) is 93.9 Å². The number of allylic oxidation sites excluding steroid dienone is 14. The maximum atomic E-state index is 13.4. The number of hydrogen-bond acceptors (Lipinski definition) is 2. The second-order valence-corrected chi connectivity index (χ2v) is 9.29. The van der Waals surface area contributed by atoms with Gasteiger partial charge in [0.25, 0.3) is 0 Å². The van der Waals surface area contributed by atoms with Crippen molar-refractivity contribution < 1.29 is 22.3 Å². The van der Waals surface area contributed by atoms with E-state index in [-0.39, 0.29) is 5.83 Å². The van der Waals surface area contributed by atoms with Crippen molar-refractivity contribution >= 4 is 0 Å². The number of rotatable bonds is 11. The number of alkyl halides is 3. The quantitative estimate of drug-likeness (QED) is 0.162. The molecule has 6 heteroatoms. The van der Waals surface area contributed by atoms with Crippen LogP contribution in [0.5, 0.6) is 0 Å². The van der Waals surface area contributed by atoms with Gasteiger partial charge in [0.1, 0.15) is 17.3 Å². The van der Waals surface area contributed by atoms with E-state index < -0.39 is 11.7 Å². The summed E-state index contributed by atoms with van der Waals surface area (Å²) < 4.78 is 59.1. The van der Waals surface area contributed by atoms with Gasteiger partial charge < -0.3 is 10.5 Å². The fourth-order valence-corrected chi connectivity index (χ4v) is 3.48. The zero-order valence-electron chi connectivity index (χ0n) is 24.3. The molecule has 1 aliphatic rings. The van der Waals surface area contributed by atoms with Crippen LogP contribution < -0.4 is 5.73 Å². The predicted molar refractivity (Wildman–Crippen MR) is 154 cm³/mol. The van der Waals surface area contributed by atoms with Crippen molar-refractivity contribution in [2.45, 2.75) is 106 Å². The highest BCUT2D eigenvalue weighted by Gasteiger charge is 2.32. The van der Waals surface area contributed by atoms with Gasteiger partial charge in [-0.25, -0.2) is 4.39 Å². The van der Waals surface area contributed by atoms with Gasteiger partial charge in [-0.2, -0.15) is 13.2 Å². The number of ether oxygens (including phenoxy) is 1. The molecule has 214 valence electrons. The highest BCUT2D eigenvalue weighted by atomic mass is 19.4. The highest BCUT2D eigenvalue weighted by molar-refractivity contribution is 5.45. The number of nitrogens with two attached hydrogens (primary N) is 1. The lowest BCUT2D eigenvalue weighted by Crippen LogP contribution is -2.11. The summed E-state index contributed by atoms with van der Waals surface area (Å²) in [7, 11) is 0. The summed E-state index contributed by atoms with van der Waals surface area (Å²) in [6, 6.07) is 0. The van der Waals surface area contributed by atoms with Crippen LogP contribution in [0.2, 0.25) is 0 Å². The third kappa shape index (κ3) is 14.8. The molecule has 0 unspecified atom stereocenters. The second-order valence-electron chi connectivity index (χ2n) is 9.29. The van der Waals surface area contributed by atoms with Gasteiger partial charge in [-0.3, -0.25) is 0 Å². The standard InChI is InChI=1S/C22H31F3O.C10H16FN/c1-6-11-18(15-19(12-7-2)22(23,24)25)21(16(4)8-3)26-20-14-10-9-13-17(20)5;1-3-4-5-6-10(11)8-7-9(2)12/h6,11-12,15H,7-10,13-14H2,1-5H3;5-8H,3-4,12H2,1-2H3/b11-6-,18-15+,19-12-,21-16?;6-5+,9-7+,10-8+. The predicted octanol–water partition coefficient (Wildman–Crippen LogP) is 11.0. The summed E-state index contributed by atoms with van der Waals surface area (Å²) in [6.07, 6.45) is 14.7. The summed E-state index contributed by atoms with van der Waals surface area (Å²) in [5, 5.41) is 0. The summed E-state index contributed by atoms with van der Waals surface area (Å²) >= 11 is 0. The van der Waals surface area contributed by atoms with Gasteiger partial charge in [-0.05, 0) is 102 Å². The van der Waals surface area contributed by atoms with Gasteiger partial charge in [0.05, 0.1) is 5.57 Å². The molecule has 0 aromatic carbocycles. The molecule has 0 aromatic rings. The van der Waals surface area contributed by atoms with E-state index in [1.165, 1.54) is 29.9 Å². The fourth-order valence-electron chi connectivity index (χ4n) is 3.48. The van der Waals surface area contributed by atoms with Crippen LogP contribution in [0.4, 0.5) is 17.6 Å². The molecule has 1 aliphatic carbocycles. The van der Waals surface area contributed by atoms with Crippen LogP contribution in [0.15, 0.2) is 93.9 Å². The molecule has 38 heavy (non-hydrogen) atoms. The average Bonchev–Trinajstić information content (AvgIpc) is 2.86. The largest absolute Gasteiger partial charge is 0.461 e. The monoisotopic (exact) mass is 537 g/mol.